The van der Waals surface area contributed by atoms with Gasteiger partial charge in [0.1, 0.15) is 6.10 Å². The first-order valence-electron chi connectivity index (χ1n) is 9.45. The molecule has 1 atom stereocenters. The van der Waals surface area contributed by atoms with E-state index in [0.29, 0.717) is 22.0 Å². The molecule has 6 nitrogen and oxygen atoms in total. The summed E-state index contributed by atoms with van der Waals surface area (Å²) in [4.78, 5) is 16.8. The minimum absolute atomic E-state index is 0.174. The number of fused-ring (bicyclic) bond motifs is 1. The molecule has 1 amide bonds. The molecule has 0 fully saturated rings. The SMILES string of the molecule is CC(Oc1cc(Cl)cnc1N)c1cccc(NC(=O)c2ccc3ccn(C)c3c2)c1. The Morgan fingerprint density at radius 1 is 1.20 bits per heavy atom. The number of carbonyl (C=O) groups is 1. The highest BCUT2D eigenvalue weighted by atomic mass is 35.5. The van der Waals surface area contributed by atoms with E-state index in [-0.39, 0.29) is 17.8 Å². The molecule has 0 spiro atoms. The molecular formula is C23H21ClN4O2. The second kappa shape index (κ2) is 8.08. The number of halogens is 1. The second-order valence-electron chi connectivity index (χ2n) is 7.08. The summed E-state index contributed by atoms with van der Waals surface area (Å²) in [7, 11) is 1.96. The smallest absolute Gasteiger partial charge is 0.255 e. The maximum Gasteiger partial charge on any atom is 0.255 e. The quantitative estimate of drug-likeness (QED) is 0.464. The highest BCUT2D eigenvalue weighted by molar-refractivity contribution is 6.30. The van der Waals surface area contributed by atoms with Gasteiger partial charge in [-0.05, 0) is 48.2 Å². The third-order valence-electron chi connectivity index (χ3n) is 4.92. The number of ether oxygens (including phenoxy) is 1. The van der Waals surface area contributed by atoms with Crippen LogP contribution in [0.5, 0.6) is 5.75 Å². The van der Waals surface area contributed by atoms with Gasteiger partial charge in [-0.15, -0.1) is 0 Å². The lowest BCUT2D eigenvalue weighted by atomic mass is 10.1. The van der Waals surface area contributed by atoms with Crippen LogP contribution in [-0.4, -0.2) is 15.5 Å². The molecule has 0 saturated carbocycles. The summed E-state index contributed by atoms with van der Waals surface area (Å²) in [6.07, 6.45) is 3.13. The van der Waals surface area contributed by atoms with Crippen molar-refractivity contribution in [3.8, 4) is 5.75 Å². The molecule has 30 heavy (non-hydrogen) atoms. The maximum absolute atomic E-state index is 12.8. The van der Waals surface area contributed by atoms with Crippen molar-refractivity contribution in [1.29, 1.82) is 0 Å². The lowest BCUT2D eigenvalue weighted by Gasteiger charge is -2.17. The van der Waals surface area contributed by atoms with Crippen molar-refractivity contribution in [3.05, 3.63) is 83.1 Å². The largest absolute Gasteiger partial charge is 0.482 e. The number of aromatic nitrogens is 2. The Morgan fingerprint density at radius 2 is 2.03 bits per heavy atom. The van der Waals surface area contributed by atoms with E-state index in [1.165, 1.54) is 6.20 Å². The van der Waals surface area contributed by atoms with E-state index in [9.17, 15) is 4.79 Å². The minimum Gasteiger partial charge on any atom is -0.482 e. The van der Waals surface area contributed by atoms with Crippen molar-refractivity contribution in [2.45, 2.75) is 13.0 Å². The zero-order chi connectivity index (χ0) is 21.3. The van der Waals surface area contributed by atoms with Crippen LogP contribution in [0.15, 0.2) is 67.0 Å². The molecule has 0 aliphatic heterocycles. The topological polar surface area (TPSA) is 82.2 Å². The van der Waals surface area contributed by atoms with Gasteiger partial charge >= 0.3 is 0 Å². The van der Waals surface area contributed by atoms with Crippen LogP contribution in [0.25, 0.3) is 10.9 Å². The Balaban J connectivity index is 1.51. The van der Waals surface area contributed by atoms with Crippen LogP contribution in [0.4, 0.5) is 11.5 Å². The van der Waals surface area contributed by atoms with Crippen molar-refractivity contribution in [2.75, 3.05) is 11.1 Å². The molecule has 2 aromatic carbocycles. The summed E-state index contributed by atoms with van der Waals surface area (Å²) in [6.45, 7) is 1.89. The molecule has 0 aliphatic carbocycles. The van der Waals surface area contributed by atoms with Crippen molar-refractivity contribution in [3.63, 3.8) is 0 Å². The van der Waals surface area contributed by atoms with E-state index < -0.39 is 0 Å². The van der Waals surface area contributed by atoms with Gasteiger partial charge in [0.2, 0.25) is 0 Å². The highest BCUT2D eigenvalue weighted by Gasteiger charge is 2.13. The maximum atomic E-state index is 12.8. The number of nitrogens with two attached hydrogens (primary N) is 1. The number of amides is 1. The highest BCUT2D eigenvalue weighted by Crippen LogP contribution is 2.29. The number of nitrogens with zero attached hydrogens (tertiary/aromatic N) is 2. The lowest BCUT2D eigenvalue weighted by molar-refractivity contribution is 0.102. The fourth-order valence-corrected chi connectivity index (χ4v) is 3.41. The minimum atomic E-state index is -0.316. The molecule has 2 aromatic heterocycles. The molecule has 0 radical (unpaired) electrons. The van der Waals surface area contributed by atoms with Gasteiger partial charge in [0.05, 0.1) is 5.02 Å². The number of carbonyl (C=O) groups excluding carboxylic acids is 1. The van der Waals surface area contributed by atoms with Gasteiger partial charge in [0, 0.05) is 42.3 Å². The van der Waals surface area contributed by atoms with Gasteiger partial charge in [-0.25, -0.2) is 4.98 Å². The summed E-state index contributed by atoms with van der Waals surface area (Å²) in [5, 5.41) is 4.49. The van der Waals surface area contributed by atoms with Gasteiger partial charge in [0.15, 0.2) is 11.6 Å². The van der Waals surface area contributed by atoms with E-state index >= 15 is 0 Å². The van der Waals surface area contributed by atoms with Crippen LogP contribution in [0, 0.1) is 0 Å². The first-order valence-corrected chi connectivity index (χ1v) is 9.82. The van der Waals surface area contributed by atoms with Crippen LogP contribution in [-0.2, 0) is 7.05 Å². The molecule has 4 aromatic rings. The van der Waals surface area contributed by atoms with E-state index in [2.05, 4.69) is 10.3 Å². The number of anilines is 2. The molecule has 7 heteroatoms. The van der Waals surface area contributed by atoms with Crippen molar-refractivity contribution < 1.29 is 9.53 Å². The van der Waals surface area contributed by atoms with Crippen molar-refractivity contribution in [2.24, 2.45) is 7.05 Å². The number of aryl methyl sites for hydroxylation is 1. The van der Waals surface area contributed by atoms with Gasteiger partial charge in [-0.3, -0.25) is 4.79 Å². The van der Waals surface area contributed by atoms with E-state index in [1.54, 1.807) is 6.07 Å². The summed E-state index contributed by atoms with van der Waals surface area (Å²) in [5.41, 5.74) is 9.02. The van der Waals surface area contributed by atoms with Crippen molar-refractivity contribution >= 4 is 39.9 Å². The lowest BCUT2D eigenvalue weighted by Crippen LogP contribution is -2.13. The number of hydrogen-bond acceptors (Lipinski definition) is 4. The zero-order valence-electron chi connectivity index (χ0n) is 16.6. The molecule has 4 rings (SSSR count). The van der Waals surface area contributed by atoms with Gasteiger partial charge < -0.3 is 20.4 Å². The molecule has 2 heterocycles. The van der Waals surface area contributed by atoms with Crippen molar-refractivity contribution in [1.82, 2.24) is 9.55 Å². The summed E-state index contributed by atoms with van der Waals surface area (Å²) in [6, 6.07) is 16.8. The van der Waals surface area contributed by atoms with Crippen LogP contribution >= 0.6 is 11.6 Å². The molecule has 0 aliphatic rings. The van der Waals surface area contributed by atoms with Crippen LogP contribution in [0.3, 0.4) is 0 Å². The zero-order valence-corrected chi connectivity index (χ0v) is 17.4. The molecular weight excluding hydrogens is 400 g/mol. The van der Waals surface area contributed by atoms with E-state index in [1.807, 2.05) is 73.3 Å². The Labute approximate surface area is 179 Å². The molecule has 152 valence electrons. The van der Waals surface area contributed by atoms with Gasteiger partial charge in [0.25, 0.3) is 5.91 Å². The van der Waals surface area contributed by atoms with Crippen LogP contribution in [0.2, 0.25) is 5.02 Å². The summed E-state index contributed by atoms with van der Waals surface area (Å²) >= 11 is 5.98. The Hall–Kier alpha value is -3.51. The average molecular weight is 421 g/mol. The number of nitrogens with one attached hydrogen (secondary N) is 1. The molecule has 3 N–H and O–H groups in total. The standard InChI is InChI=1S/C23H21ClN4O2/c1-14(30-21-12-18(24)13-26-22(21)25)16-4-3-5-19(10-16)27-23(29)17-7-6-15-8-9-28(2)20(15)11-17/h3-14H,1-2H3,(H2,25,26)(H,27,29). The fourth-order valence-electron chi connectivity index (χ4n) is 3.26. The number of benzene rings is 2. The average Bonchev–Trinajstić information content (AvgIpc) is 3.11. The number of pyridine rings is 1. The third kappa shape index (κ3) is 4.09. The molecule has 0 saturated heterocycles. The number of rotatable bonds is 5. The van der Waals surface area contributed by atoms with E-state index in [0.717, 1.165) is 16.5 Å². The first kappa shape index (κ1) is 19.8. The van der Waals surface area contributed by atoms with Gasteiger partial charge in [-0.2, -0.15) is 0 Å². The van der Waals surface area contributed by atoms with Crippen LogP contribution < -0.4 is 15.8 Å². The third-order valence-corrected chi connectivity index (χ3v) is 5.12. The van der Waals surface area contributed by atoms with Crippen LogP contribution in [0.1, 0.15) is 28.9 Å². The fraction of sp³-hybridized carbons (Fsp3) is 0.130. The normalized spacial score (nSPS) is 12.0. The monoisotopic (exact) mass is 420 g/mol. The summed E-state index contributed by atoms with van der Waals surface area (Å²) in [5.74, 6) is 0.513. The Morgan fingerprint density at radius 3 is 2.87 bits per heavy atom. The second-order valence-corrected chi connectivity index (χ2v) is 7.51. The predicted octanol–water partition coefficient (Wildman–Crippen LogP) is 5.20. The van der Waals surface area contributed by atoms with Gasteiger partial charge in [-0.1, -0.05) is 29.8 Å². The Kier molecular flexibility index (Phi) is 5.33. The number of hydrogen-bond donors (Lipinski definition) is 2. The Bertz CT molecular complexity index is 1240. The first-order chi connectivity index (χ1) is 14.4. The summed E-state index contributed by atoms with van der Waals surface area (Å²) < 4.78 is 7.91. The predicted molar refractivity (Wildman–Crippen MR) is 120 cm³/mol. The molecule has 1 unspecified atom stereocenters. The molecule has 0 bridgehead atoms. The van der Waals surface area contributed by atoms with E-state index in [4.69, 9.17) is 22.1 Å². The number of nitrogen functional groups attached to an aromatic ring is 1.